The summed E-state index contributed by atoms with van der Waals surface area (Å²) in [7, 11) is 1.58. The summed E-state index contributed by atoms with van der Waals surface area (Å²) in [4.78, 5) is 55.8. The molecule has 6 rings (SSSR count). The fraction of sp³-hybridized carbons (Fsp3) is 0.226. The Hall–Kier alpha value is -4.15. The number of imide groups is 1. The molecular formula is C31H27N3O5S2. The van der Waals surface area contributed by atoms with Crippen molar-refractivity contribution in [3.8, 4) is 5.75 Å². The Balaban J connectivity index is 1.41. The van der Waals surface area contributed by atoms with E-state index in [-0.39, 0.29) is 29.1 Å². The number of nitrogens with zero attached hydrogens (tertiary/aromatic N) is 2. The second-order valence-corrected chi connectivity index (χ2v) is 12.3. The highest BCUT2D eigenvalue weighted by Crippen LogP contribution is 2.54. The second-order valence-electron chi connectivity index (χ2n) is 10.2. The van der Waals surface area contributed by atoms with Crippen LogP contribution in [0.4, 0.5) is 11.4 Å². The number of carbonyl (C=O) groups is 3. The van der Waals surface area contributed by atoms with E-state index in [9.17, 15) is 19.2 Å². The maximum absolute atomic E-state index is 14.0. The molecule has 3 amide bonds. The van der Waals surface area contributed by atoms with Crippen LogP contribution in [0.3, 0.4) is 0 Å². The molecule has 1 saturated heterocycles. The lowest BCUT2D eigenvalue weighted by Crippen LogP contribution is -2.33. The van der Waals surface area contributed by atoms with Gasteiger partial charge in [0.05, 0.1) is 23.7 Å². The quantitative estimate of drug-likeness (QED) is 0.321. The van der Waals surface area contributed by atoms with E-state index >= 15 is 0 Å². The predicted molar refractivity (Wildman–Crippen MR) is 160 cm³/mol. The number of anilines is 2. The molecule has 2 aliphatic rings. The summed E-state index contributed by atoms with van der Waals surface area (Å²) in [5.74, 6) is -1.56. The summed E-state index contributed by atoms with van der Waals surface area (Å²) in [6.07, 6.45) is 0. The van der Waals surface area contributed by atoms with Gasteiger partial charge in [0.15, 0.2) is 0 Å². The van der Waals surface area contributed by atoms with Crippen LogP contribution in [-0.2, 0) is 20.9 Å². The Kier molecular flexibility index (Phi) is 7.04. The van der Waals surface area contributed by atoms with Crippen molar-refractivity contribution in [2.24, 2.45) is 5.92 Å². The van der Waals surface area contributed by atoms with Gasteiger partial charge in [-0.15, -0.1) is 0 Å². The third-order valence-corrected chi connectivity index (χ3v) is 10.0. The second kappa shape index (κ2) is 10.7. The number of benzene rings is 3. The molecular weight excluding hydrogens is 558 g/mol. The van der Waals surface area contributed by atoms with E-state index in [1.165, 1.54) is 21.2 Å². The zero-order valence-electron chi connectivity index (χ0n) is 22.6. The number of methoxy groups -OCH3 is 1. The van der Waals surface area contributed by atoms with Crippen LogP contribution in [0.5, 0.6) is 5.75 Å². The number of fused-ring (bicyclic) bond motifs is 2. The molecule has 208 valence electrons. The topological polar surface area (TPSA) is 97.7 Å². The van der Waals surface area contributed by atoms with Crippen molar-refractivity contribution in [3.05, 3.63) is 104 Å². The van der Waals surface area contributed by atoms with Crippen molar-refractivity contribution < 1.29 is 19.1 Å². The van der Waals surface area contributed by atoms with E-state index in [0.29, 0.717) is 27.0 Å². The number of aromatic nitrogens is 1. The van der Waals surface area contributed by atoms with Gasteiger partial charge in [0.2, 0.25) is 17.7 Å². The third kappa shape index (κ3) is 4.87. The monoisotopic (exact) mass is 585 g/mol. The molecule has 3 unspecified atom stereocenters. The number of hydrogen-bond donors (Lipinski definition) is 1. The minimum Gasteiger partial charge on any atom is -0.497 e. The molecule has 3 aromatic carbocycles. The number of ether oxygens (including phenoxy) is 1. The molecule has 4 aromatic rings. The minimum absolute atomic E-state index is 0.206. The highest BCUT2D eigenvalue weighted by molar-refractivity contribution is 8.00. The van der Waals surface area contributed by atoms with Crippen molar-refractivity contribution in [1.82, 2.24) is 4.57 Å². The molecule has 41 heavy (non-hydrogen) atoms. The molecule has 0 spiro atoms. The van der Waals surface area contributed by atoms with E-state index < -0.39 is 17.1 Å². The van der Waals surface area contributed by atoms with Crippen LogP contribution in [0.25, 0.3) is 0 Å². The molecule has 1 N–H and O–H groups in total. The number of hydrogen-bond acceptors (Lipinski definition) is 7. The van der Waals surface area contributed by atoms with Gasteiger partial charge in [-0.2, -0.15) is 0 Å². The zero-order valence-corrected chi connectivity index (χ0v) is 24.3. The summed E-state index contributed by atoms with van der Waals surface area (Å²) in [6, 6.07) is 22.1. The van der Waals surface area contributed by atoms with Crippen LogP contribution in [0.1, 0.15) is 27.5 Å². The lowest BCUT2D eigenvalue weighted by Gasteiger charge is -2.30. The molecule has 0 radical (unpaired) electrons. The predicted octanol–water partition coefficient (Wildman–Crippen LogP) is 4.97. The lowest BCUT2D eigenvalue weighted by molar-refractivity contribution is -0.122. The molecule has 1 aromatic heterocycles. The highest BCUT2D eigenvalue weighted by Gasteiger charge is 2.56. The van der Waals surface area contributed by atoms with Crippen LogP contribution in [0, 0.1) is 19.8 Å². The molecule has 0 aliphatic carbocycles. The Bertz CT molecular complexity index is 1730. The number of amides is 3. The van der Waals surface area contributed by atoms with Gasteiger partial charge in [-0.05, 0) is 61.4 Å². The number of aryl methyl sites for hydroxylation is 2. The van der Waals surface area contributed by atoms with E-state index in [1.807, 2.05) is 56.3 Å². The average Bonchev–Trinajstić information content (AvgIpc) is 3.40. The molecule has 1 fully saturated rings. The first-order chi connectivity index (χ1) is 19.7. The van der Waals surface area contributed by atoms with Crippen LogP contribution in [0.2, 0.25) is 0 Å². The number of thioether (sulfide) groups is 1. The maximum atomic E-state index is 14.0. The molecule has 2 aliphatic heterocycles. The Morgan fingerprint density at radius 1 is 0.927 bits per heavy atom. The van der Waals surface area contributed by atoms with Crippen molar-refractivity contribution in [2.75, 3.05) is 17.3 Å². The molecule has 8 nitrogen and oxygen atoms in total. The first kappa shape index (κ1) is 27.0. The first-order valence-corrected chi connectivity index (χ1v) is 14.8. The van der Waals surface area contributed by atoms with Gasteiger partial charge in [0.1, 0.15) is 17.5 Å². The van der Waals surface area contributed by atoms with Crippen LogP contribution >= 0.6 is 23.1 Å². The van der Waals surface area contributed by atoms with E-state index in [0.717, 1.165) is 28.0 Å². The van der Waals surface area contributed by atoms with E-state index in [1.54, 1.807) is 37.4 Å². The third-order valence-electron chi connectivity index (χ3n) is 7.42. The van der Waals surface area contributed by atoms with Gasteiger partial charge in [0, 0.05) is 16.5 Å². The molecule has 0 bridgehead atoms. The smallest absolute Gasteiger partial charge is 0.308 e. The summed E-state index contributed by atoms with van der Waals surface area (Å²) in [6.45, 7) is 3.67. The normalized spacial score (nSPS) is 19.6. The van der Waals surface area contributed by atoms with Crippen molar-refractivity contribution >= 4 is 52.2 Å². The highest BCUT2D eigenvalue weighted by atomic mass is 32.2. The summed E-state index contributed by atoms with van der Waals surface area (Å²) >= 11 is 2.23. The van der Waals surface area contributed by atoms with Crippen molar-refractivity contribution in [3.63, 3.8) is 0 Å². The van der Waals surface area contributed by atoms with Crippen LogP contribution in [0.15, 0.2) is 82.6 Å². The standard InChI is InChI=1S/C31H27N3O5S2/c1-17-7-11-21(12-8-17)34-28(36)25-24(19-9-13-22(39-3)14-10-19)27-30(40-26(25)29(34)37)33(31(38)41-27)16-23(35)32-20-6-4-5-18(2)15-20/h4-15,24-26H,16H2,1-3H3,(H,32,35). The summed E-state index contributed by atoms with van der Waals surface area (Å²) in [5, 5.41) is 2.66. The number of rotatable bonds is 6. The van der Waals surface area contributed by atoms with Gasteiger partial charge in [-0.25, -0.2) is 4.90 Å². The van der Waals surface area contributed by atoms with Gasteiger partial charge < -0.3 is 10.1 Å². The maximum Gasteiger partial charge on any atom is 0.308 e. The SMILES string of the molecule is COc1ccc(C2c3sc(=O)n(CC(=O)Nc4cccc(C)c4)c3SC3C(=O)N(c4ccc(C)cc4)C(=O)C32)cc1. The van der Waals surface area contributed by atoms with Crippen molar-refractivity contribution in [1.29, 1.82) is 0 Å². The van der Waals surface area contributed by atoms with Crippen LogP contribution in [-0.4, -0.2) is 34.6 Å². The first-order valence-electron chi connectivity index (χ1n) is 13.1. The minimum atomic E-state index is -0.747. The van der Waals surface area contributed by atoms with Crippen LogP contribution < -0.4 is 19.8 Å². The van der Waals surface area contributed by atoms with Crippen molar-refractivity contribution in [2.45, 2.75) is 36.6 Å². The fourth-order valence-electron chi connectivity index (χ4n) is 5.44. The van der Waals surface area contributed by atoms with Gasteiger partial charge >= 0.3 is 4.87 Å². The Morgan fingerprint density at radius 3 is 2.34 bits per heavy atom. The fourth-order valence-corrected chi connectivity index (χ4v) is 8.21. The molecule has 10 heteroatoms. The van der Waals surface area contributed by atoms with E-state index in [4.69, 9.17) is 4.74 Å². The zero-order chi connectivity index (χ0) is 28.8. The molecule has 3 atom stereocenters. The summed E-state index contributed by atoms with van der Waals surface area (Å²) in [5.41, 5.74) is 3.98. The van der Waals surface area contributed by atoms with Gasteiger partial charge in [-0.3, -0.25) is 23.7 Å². The molecule has 3 heterocycles. The Morgan fingerprint density at radius 2 is 1.66 bits per heavy atom. The number of carbonyl (C=O) groups excluding carboxylic acids is 3. The van der Waals surface area contributed by atoms with Gasteiger partial charge in [0.25, 0.3) is 0 Å². The summed E-state index contributed by atoms with van der Waals surface area (Å²) < 4.78 is 6.75. The largest absolute Gasteiger partial charge is 0.497 e. The number of nitrogens with one attached hydrogen (secondary N) is 1. The van der Waals surface area contributed by atoms with E-state index in [2.05, 4.69) is 5.32 Å². The average molecular weight is 586 g/mol. The number of thiazole rings is 1. The van der Waals surface area contributed by atoms with Gasteiger partial charge in [-0.1, -0.05) is 65.1 Å². The Labute approximate surface area is 245 Å². The molecule has 0 saturated carbocycles. The lowest BCUT2D eigenvalue weighted by atomic mass is 9.83.